The van der Waals surface area contributed by atoms with Crippen LogP contribution in [0.4, 0.5) is 0 Å². The number of rotatable bonds is 5. The van der Waals surface area contributed by atoms with Gasteiger partial charge in [-0.3, -0.25) is 16.3 Å². The van der Waals surface area contributed by atoms with Crippen LogP contribution < -0.4 is 11.3 Å². The third-order valence-corrected chi connectivity index (χ3v) is 3.13. The van der Waals surface area contributed by atoms with E-state index < -0.39 is 0 Å². The summed E-state index contributed by atoms with van der Waals surface area (Å²) in [7, 11) is 0. The minimum absolute atomic E-state index is 0.0373. The van der Waals surface area contributed by atoms with Crippen LogP contribution in [0, 0.1) is 5.92 Å². The van der Waals surface area contributed by atoms with Crippen molar-refractivity contribution in [2.24, 2.45) is 11.8 Å². The summed E-state index contributed by atoms with van der Waals surface area (Å²) in [5.74, 6) is 5.94. The predicted molar refractivity (Wildman–Crippen MR) is 68.4 cm³/mol. The lowest BCUT2D eigenvalue weighted by atomic mass is 9.94. The molecule has 3 nitrogen and oxygen atoms in total. The molecule has 1 aromatic heterocycles. The van der Waals surface area contributed by atoms with Crippen molar-refractivity contribution >= 4 is 23.2 Å². The number of nitrogens with one attached hydrogen (secondary N) is 1. The van der Waals surface area contributed by atoms with Crippen molar-refractivity contribution in [2.45, 2.75) is 32.7 Å². The lowest BCUT2D eigenvalue weighted by Gasteiger charge is -2.23. The molecule has 0 aliphatic carbocycles. The summed E-state index contributed by atoms with van der Waals surface area (Å²) in [5.41, 5.74) is 3.53. The average Bonchev–Trinajstić information content (AvgIpc) is 2.22. The number of hydrazine groups is 1. The molecule has 0 saturated heterocycles. The van der Waals surface area contributed by atoms with Crippen molar-refractivity contribution in [3.05, 3.63) is 28.0 Å². The molecule has 90 valence electrons. The Balaban J connectivity index is 2.94. The summed E-state index contributed by atoms with van der Waals surface area (Å²) < 4.78 is 0. The van der Waals surface area contributed by atoms with Crippen molar-refractivity contribution in [3.63, 3.8) is 0 Å². The maximum atomic E-state index is 6.10. The van der Waals surface area contributed by atoms with Crippen LogP contribution in [-0.4, -0.2) is 4.98 Å². The summed E-state index contributed by atoms with van der Waals surface area (Å²) in [6.07, 6.45) is 3.76. The Morgan fingerprint density at radius 3 is 2.69 bits per heavy atom. The number of nitrogens with two attached hydrogens (primary N) is 1. The fourth-order valence-electron chi connectivity index (χ4n) is 1.79. The van der Waals surface area contributed by atoms with E-state index in [0.717, 1.165) is 18.5 Å². The Morgan fingerprint density at radius 2 is 2.19 bits per heavy atom. The van der Waals surface area contributed by atoms with Crippen molar-refractivity contribution in [2.75, 3.05) is 0 Å². The molecule has 1 rings (SSSR count). The molecule has 3 N–H and O–H groups in total. The molecule has 0 bridgehead atoms. The predicted octanol–water partition coefficient (Wildman–Crippen LogP) is 3.33. The van der Waals surface area contributed by atoms with Crippen molar-refractivity contribution in [1.29, 1.82) is 0 Å². The normalized spacial score (nSPS) is 14.8. The van der Waals surface area contributed by atoms with E-state index in [-0.39, 0.29) is 6.04 Å². The zero-order valence-electron chi connectivity index (χ0n) is 9.50. The number of hydrogen-bond donors (Lipinski definition) is 2. The second-order valence-electron chi connectivity index (χ2n) is 3.93. The number of pyridine rings is 1. The molecular weight excluding hydrogens is 245 g/mol. The van der Waals surface area contributed by atoms with E-state index in [0.29, 0.717) is 16.0 Å². The van der Waals surface area contributed by atoms with E-state index in [1.807, 2.05) is 0 Å². The van der Waals surface area contributed by atoms with Gasteiger partial charge >= 0.3 is 0 Å². The molecule has 0 aliphatic rings. The van der Waals surface area contributed by atoms with E-state index >= 15 is 0 Å². The average molecular weight is 262 g/mol. The molecule has 16 heavy (non-hydrogen) atoms. The van der Waals surface area contributed by atoms with Gasteiger partial charge in [0, 0.05) is 6.20 Å². The quantitative estimate of drug-likeness (QED) is 0.632. The molecule has 2 atom stereocenters. The highest BCUT2D eigenvalue weighted by molar-refractivity contribution is 6.34. The molecule has 0 amide bonds. The van der Waals surface area contributed by atoms with E-state index in [9.17, 15) is 0 Å². The summed E-state index contributed by atoms with van der Waals surface area (Å²) in [6, 6.07) is 1.65. The highest BCUT2D eigenvalue weighted by Gasteiger charge is 2.21. The standard InChI is InChI=1S/C11H17Cl2N3/c1-3-4-7(2)10(16-14)11-9(13)5-8(12)6-15-11/h5-7,10,16H,3-4,14H2,1-2H3. The Bertz CT molecular complexity index is 344. The zero-order chi connectivity index (χ0) is 12.1. The Hall–Kier alpha value is -0.350. The first-order chi connectivity index (χ1) is 7.60. The number of hydrogen-bond acceptors (Lipinski definition) is 3. The van der Waals surface area contributed by atoms with Crippen LogP contribution in [0.15, 0.2) is 12.3 Å². The van der Waals surface area contributed by atoms with Crippen molar-refractivity contribution < 1.29 is 0 Å². The first-order valence-corrected chi connectivity index (χ1v) is 6.12. The minimum Gasteiger partial charge on any atom is -0.271 e. The van der Waals surface area contributed by atoms with Crippen LogP contribution in [0.2, 0.25) is 10.0 Å². The zero-order valence-corrected chi connectivity index (χ0v) is 11.0. The first kappa shape index (κ1) is 13.7. The fourth-order valence-corrected chi connectivity index (χ4v) is 2.29. The number of aromatic nitrogens is 1. The molecule has 5 heteroatoms. The summed E-state index contributed by atoms with van der Waals surface area (Å²) >= 11 is 11.9. The van der Waals surface area contributed by atoms with Gasteiger partial charge in [0.2, 0.25) is 0 Å². The maximum Gasteiger partial charge on any atom is 0.0776 e. The molecule has 0 radical (unpaired) electrons. The van der Waals surface area contributed by atoms with E-state index in [4.69, 9.17) is 29.0 Å². The van der Waals surface area contributed by atoms with Crippen molar-refractivity contribution in [3.8, 4) is 0 Å². The highest BCUT2D eigenvalue weighted by atomic mass is 35.5. The van der Waals surface area contributed by atoms with Gasteiger partial charge in [0.15, 0.2) is 0 Å². The summed E-state index contributed by atoms with van der Waals surface area (Å²) in [6.45, 7) is 4.27. The van der Waals surface area contributed by atoms with Gasteiger partial charge < -0.3 is 0 Å². The van der Waals surface area contributed by atoms with Crippen LogP contribution in [0.25, 0.3) is 0 Å². The van der Waals surface area contributed by atoms with Gasteiger partial charge in [-0.25, -0.2) is 0 Å². The molecule has 0 fully saturated rings. The summed E-state index contributed by atoms with van der Waals surface area (Å²) in [5, 5.41) is 1.09. The highest BCUT2D eigenvalue weighted by Crippen LogP contribution is 2.29. The van der Waals surface area contributed by atoms with Crippen LogP contribution in [-0.2, 0) is 0 Å². The molecule has 0 aromatic carbocycles. The van der Waals surface area contributed by atoms with Crippen LogP contribution in [0.3, 0.4) is 0 Å². The van der Waals surface area contributed by atoms with Gasteiger partial charge in [-0.05, 0) is 18.4 Å². The van der Waals surface area contributed by atoms with Crippen LogP contribution in [0.5, 0.6) is 0 Å². The molecule has 0 aliphatic heterocycles. The van der Waals surface area contributed by atoms with Crippen LogP contribution >= 0.6 is 23.2 Å². The lowest BCUT2D eigenvalue weighted by molar-refractivity contribution is 0.361. The maximum absolute atomic E-state index is 6.10. The largest absolute Gasteiger partial charge is 0.271 e. The fraction of sp³-hybridized carbons (Fsp3) is 0.545. The van der Waals surface area contributed by atoms with Crippen LogP contribution in [0.1, 0.15) is 38.4 Å². The van der Waals surface area contributed by atoms with E-state index in [1.165, 1.54) is 0 Å². The SMILES string of the molecule is CCCC(C)C(NN)c1ncc(Cl)cc1Cl. The van der Waals surface area contributed by atoms with Gasteiger partial charge in [0.05, 0.1) is 21.8 Å². The molecule has 1 heterocycles. The molecule has 1 aromatic rings. The molecule has 0 spiro atoms. The Kier molecular flexibility index (Phi) is 5.49. The van der Waals surface area contributed by atoms with Crippen molar-refractivity contribution in [1.82, 2.24) is 10.4 Å². The second-order valence-corrected chi connectivity index (χ2v) is 4.77. The lowest BCUT2D eigenvalue weighted by Crippen LogP contribution is -2.33. The smallest absolute Gasteiger partial charge is 0.0776 e. The minimum atomic E-state index is -0.0373. The van der Waals surface area contributed by atoms with Gasteiger partial charge in [-0.2, -0.15) is 0 Å². The number of halogens is 2. The topological polar surface area (TPSA) is 50.9 Å². The molecule has 0 saturated carbocycles. The number of nitrogens with zero attached hydrogens (tertiary/aromatic N) is 1. The molecular formula is C11H17Cl2N3. The van der Waals surface area contributed by atoms with Gasteiger partial charge in [0.25, 0.3) is 0 Å². The van der Waals surface area contributed by atoms with E-state index in [2.05, 4.69) is 24.3 Å². The van der Waals surface area contributed by atoms with Gasteiger partial charge in [-0.1, -0.05) is 43.5 Å². The second kappa shape index (κ2) is 6.40. The third-order valence-electron chi connectivity index (χ3n) is 2.62. The molecule has 2 unspecified atom stereocenters. The monoisotopic (exact) mass is 261 g/mol. The summed E-state index contributed by atoms with van der Waals surface area (Å²) in [4.78, 5) is 4.25. The third kappa shape index (κ3) is 3.32. The van der Waals surface area contributed by atoms with Gasteiger partial charge in [0.1, 0.15) is 0 Å². The first-order valence-electron chi connectivity index (χ1n) is 5.37. The van der Waals surface area contributed by atoms with E-state index in [1.54, 1.807) is 12.3 Å². The van der Waals surface area contributed by atoms with Gasteiger partial charge in [-0.15, -0.1) is 0 Å². The Morgan fingerprint density at radius 1 is 1.50 bits per heavy atom. The Labute approximate surface area is 106 Å².